The number of fused-ring (bicyclic) bond motifs is 3. The third-order valence-electron chi connectivity index (χ3n) is 4.60. The van der Waals surface area contributed by atoms with Crippen LogP contribution in [0.25, 0.3) is 0 Å². The van der Waals surface area contributed by atoms with Crippen molar-refractivity contribution in [3.05, 3.63) is 65.7 Å². The lowest BCUT2D eigenvalue weighted by Crippen LogP contribution is -2.33. The Morgan fingerprint density at radius 2 is 1.67 bits per heavy atom. The molecule has 2 aromatic rings. The van der Waals surface area contributed by atoms with Crippen LogP contribution in [0.2, 0.25) is 0 Å². The van der Waals surface area contributed by atoms with E-state index in [0.29, 0.717) is 5.92 Å². The molecule has 4 rings (SSSR count). The summed E-state index contributed by atoms with van der Waals surface area (Å²) in [6.45, 7) is 2.73. The van der Waals surface area contributed by atoms with Gasteiger partial charge in [-0.05, 0) is 17.2 Å². The molecule has 0 spiro atoms. The molecular weight excluding hydrogens is 260 g/mol. The predicted molar refractivity (Wildman–Crippen MR) is 83.0 cm³/mol. The predicted octanol–water partition coefficient (Wildman–Crippen LogP) is 2.85. The monoisotopic (exact) mass is 278 g/mol. The first-order valence-electron chi connectivity index (χ1n) is 7.47. The van der Waals surface area contributed by atoms with Gasteiger partial charge in [0, 0.05) is 31.2 Å². The molecular formula is C18H18N2O. The Kier molecular flexibility index (Phi) is 3.00. The van der Waals surface area contributed by atoms with Gasteiger partial charge in [0.05, 0.1) is 5.92 Å². The number of amides is 1. The Morgan fingerprint density at radius 1 is 0.952 bits per heavy atom. The molecule has 2 atom stereocenters. The van der Waals surface area contributed by atoms with Gasteiger partial charge in [-0.2, -0.15) is 0 Å². The van der Waals surface area contributed by atoms with Gasteiger partial charge in [-0.15, -0.1) is 0 Å². The maximum atomic E-state index is 12.3. The van der Waals surface area contributed by atoms with Crippen molar-refractivity contribution in [1.82, 2.24) is 4.90 Å². The molecule has 1 amide bonds. The van der Waals surface area contributed by atoms with Crippen molar-refractivity contribution >= 4 is 11.6 Å². The Hall–Kier alpha value is -2.13. The molecule has 2 aliphatic heterocycles. The highest BCUT2D eigenvalue weighted by Crippen LogP contribution is 2.40. The van der Waals surface area contributed by atoms with Crippen molar-refractivity contribution < 1.29 is 4.79 Å². The minimum Gasteiger partial charge on any atom is -0.326 e. The molecule has 2 aliphatic rings. The number of nitrogens with one attached hydrogen (secondary N) is 1. The molecule has 0 radical (unpaired) electrons. The van der Waals surface area contributed by atoms with Gasteiger partial charge in [-0.25, -0.2) is 0 Å². The van der Waals surface area contributed by atoms with Gasteiger partial charge >= 0.3 is 0 Å². The van der Waals surface area contributed by atoms with Crippen LogP contribution in [0, 0.1) is 5.92 Å². The number of likely N-dealkylation sites (tertiary alicyclic amines) is 1. The minimum atomic E-state index is 0.0867. The number of anilines is 1. The van der Waals surface area contributed by atoms with Crippen molar-refractivity contribution in [1.29, 1.82) is 0 Å². The zero-order valence-corrected chi connectivity index (χ0v) is 11.8. The van der Waals surface area contributed by atoms with E-state index >= 15 is 0 Å². The van der Waals surface area contributed by atoms with Crippen LogP contribution in [-0.2, 0) is 11.3 Å². The van der Waals surface area contributed by atoms with E-state index in [9.17, 15) is 4.79 Å². The molecule has 0 aromatic heterocycles. The highest BCUT2D eigenvalue weighted by molar-refractivity contribution is 5.97. The highest BCUT2D eigenvalue weighted by atomic mass is 16.2. The van der Waals surface area contributed by atoms with E-state index in [1.165, 1.54) is 11.1 Å². The van der Waals surface area contributed by atoms with Crippen molar-refractivity contribution in [3.63, 3.8) is 0 Å². The number of rotatable bonds is 2. The summed E-state index contributed by atoms with van der Waals surface area (Å²) in [5.74, 6) is 0.594. The average molecular weight is 278 g/mol. The van der Waals surface area contributed by atoms with Gasteiger partial charge in [-0.1, -0.05) is 48.5 Å². The molecule has 1 N–H and O–H groups in total. The fraction of sp³-hybridized carbons (Fsp3) is 0.278. The second-order valence-corrected chi connectivity index (χ2v) is 5.97. The molecule has 0 saturated carbocycles. The summed E-state index contributed by atoms with van der Waals surface area (Å²) in [5, 5.41) is 3.05. The fourth-order valence-electron chi connectivity index (χ4n) is 3.60. The molecule has 1 saturated heterocycles. The van der Waals surface area contributed by atoms with Crippen LogP contribution in [0.3, 0.4) is 0 Å². The van der Waals surface area contributed by atoms with Crippen molar-refractivity contribution in [3.8, 4) is 0 Å². The Morgan fingerprint density at radius 3 is 2.52 bits per heavy atom. The maximum Gasteiger partial charge on any atom is 0.229 e. The van der Waals surface area contributed by atoms with Gasteiger partial charge in [0.15, 0.2) is 0 Å². The normalized spacial score (nSPS) is 24.3. The van der Waals surface area contributed by atoms with E-state index in [4.69, 9.17) is 0 Å². The van der Waals surface area contributed by atoms with Gasteiger partial charge < -0.3 is 5.32 Å². The third kappa shape index (κ3) is 2.24. The van der Waals surface area contributed by atoms with E-state index in [-0.39, 0.29) is 11.8 Å². The Balaban J connectivity index is 1.58. The topological polar surface area (TPSA) is 32.3 Å². The summed E-state index contributed by atoms with van der Waals surface area (Å²) in [5.41, 5.74) is 3.59. The van der Waals surface area contributed by atoms with Crippen LogP contribution in [0.1, 0.15) is 17.0 Å². The number of carbonyl (C=O) groups excluding carboxylic acids is 1. The number of hydrogen-bond acceptors (Lipinski definition) is 2. The third-order valence-corrected chi connectivity index (χ3v) is 4.60. The summed E-state index contributed by atoms with van der Waals surface area (Å²) in [4.78, 5) is 14.7. The molecule has 21 heavy (non-hydrogen) atoms. The molecule has 106 valence electrons. The van der Waals surface area contributed by atoms with Gasteiger partial charge in [0.2, 0.25) is 5.91 Å². The highest BCUT2D eigenvalue weighted by Gasteiger charge is 2.42. The number of benzene rings is 2. The average Bonchev–Trinajstić information content (AvgIpc) is 2.93. The zero-order chi connectivity index (χ0) is 14.2. The summed E-state index contributed by atoms with van der Waals surface area (Å²) >= 11 is 0. The second kappa shape index (κ2) is 5.01. The smallest absolute Gasteiger partial charge is 0.229 e. The first-order chi connectivity index (χ1) is 10.3. The van der Waals surface area contributed by atoms with Crippen LogP contribution < -0.4 is 5.32 Å². The SMILES string of the molecule is O=C1Nc2ccccc2C2CN(Cc3ccccc3)CC12. The van der Waals surface area contributed by atoms with E-state index < -0.39 is 0 Å². The molecule has 3 nitrogen and oxygen atoms in total. The maximum absolute atomic E-state index is 12.3. The van der Waals surface area contributed by atoms with Crippen molar-refractivity contribution in [2.24, 2.45) is 5.92 Å². The number of nitrogens with zero attached hydrogens (tertiary/aromatic N) is 1. The molecule has 3 heteroatoms. The molecule has 0 aliphatic carbocycles. The molecule has 2 aromatic carbocycles. The quantitative estimate of drug-likeness (QED) is 0.916. The van der Waals surface area contributed by atoms with E-state index in [1.54, 1.807) is 0 Å². The summed E-state index contributed by atoms with van der Waals surface area (Å²) in [6, 6.07) is 18.7. The molecule has 0 bridgehead atoms. The standard InChI is InChI=1S/C18H18N2O/c21-18-16-12-20(10-13-6-2-1-3-7-13)11-15(16)14-8-4-5-9-17(14)19-18/h1-9,15-16H,10-12H2,(H,19,21). The number of para-hydroxylation sites is 1. The Bertz CT molecular complexity index is 668. The molecule has 2 heterocycles. The second-order valence-electron chi connectivity index (χ2n) is 5.97. The largest absolute Gasteiger partial charge is 0.326 e. The molecule has 2 unspecified atom stereocenters. The summed E-state index contributed by atoms with van der Waals surface area (Å²) < 4.78 is 0. The van der Waals surface area contributed by atoms with Crippen LogP contribution in [0.4, 0.5) is 5.69 Å². The van der Waals surface area contributed by atoms with Crippen molar-refractivity contribution in [2.45, 2.75) is 12.5 Å². The van der Waals surface area contributed by atoms with Crippen LogP contribution in [-0.4, -0.2) is 23.9 Å². The Labute approximate surface area is 124 Å². The first-order valence-corrected chi connectivity index (χ1v) is 7.47. The van der Waals surface area contributed by atoms with Crippen LogP contribution in [0.5, 0.6) is 0 Å². The lowest BCUT2D eigenvalue weighted by Gasteiger charge is -2.26. The van der Waals surface area contributed by atoms with Crippen LogP contribution in [0.15, 0.2) is 54.6 Å². The van der Waals surface area contributed by atoms with E-state index in [1.807, 2.05) is 18.2 Å². The van der Waals surface area contributed by atoms with Gasteiger partial charge in [0.25, 0.3) is 0 Å². The van der Waals surface area contributed by atoms with Gasteiger partial charge in [-0.3, -0.25) is 9.69 Å². The fourth-order valence-corrected chi connectivity index (χ4v) is 3.60. The van der Waals surface area contributed by atoms with Crippen molar-refractivity contribution in [2.75, 3.05) is 18.4 Å². The lowest BCUT2D eigenvalue weighted by atomic mass is 9.84. The number of hydrogen-bond donors (Lipinski definition) is 1. The van der Waals surface area contributed by atoms with E-state index in [2.05, 4.69) is 46.6 Å². The minimum absolute atomic E-state index is 0.0867. The van der Waals surface area contributed by atoms with Crippen LogP contribution >= 0.6 is 0 Å². The number of carbonyl (C=O) groups is 1. The molecule has 1 fully saturated rings. The first kappa shape index (κ1) is 12.6. The van der Waals surface area contributed by atoms with Gasteiger partial charge in [0.1, 0.15) is 0 Å². The lowest BCUT2D eigenvalue weighted by molar-refractivity contribution is -0.120. The van der Waals surface area contributed by atoms with E-state index in [0.717, 1.165) is 25.3 Å². The summed E-state index contributed by atoms with van der Waals surface area (Å²) in [7, 11) is 0. The summed E-state index contributed by atoms with van der Waals surface area (Å²) in [6.07, 6.45) is 0. The zero-order valence-electron chi connectivity index (χ0n) is 11.8.